The number of likely N-dealkylation sites (N-methyl/N-ethyl adjacent to an activating group) is 1. The van der Waals surface area contributed by atoms with Crippen molar-refractivity contribution in [2.75, 3.05) is 31.7 Å². The molecule has 0 spiro atoms. The van der Waals surface area contributed by atoms with Gasteiger partial charge in [0.2, 0.25) is 5.91 Å². The predicted molar refractivity (Wildman–Crippen MR) is 66.6 cm³/mol. The lowest BCUT2D eigenvalue weighted by molar-refractivity contribution is -0.126. The topological polar surface area (TPSA) is 101 Å². The van der Waals surface area contributed by atoms with E-state index in [1.165, 1.54) is 11.0 Å². The number of nitrogen functional groups attached to an aromatic ring is 1. The van der Waals surface area contributed by atoms with Crippen LogP contribution in [0.5, 0.6) is 0 Å². The Hall–Kier alpha value is -2.24. The quantitative estimate of drug-likeness (QED) is 0.634. The van der Waals surface area contributed by atoms with Crippen LogP contribution < -0.4 is 16.8 Å². The molecule has 92 valence electrons. The smallest absolute Gasteiger partial charge is 0.250 e. The average Bonchev–Trinajstić information content (AvgIpc) is 2.26. The van der Waals surface area contributed by atoms with Gasteiger partial charge in [-0.25, -0.2) is 0 Å². The van der Waals surface area contributed by atoms with Gasteiger partial charge in [-0.2, -0.15) is 0 Å². The van der Waals surface area contributed by atoms with Crippen molar-refractivity contribution in [3.63, 3.8) is 0 Å². The van der Waals surface area contributed by atoms with Gasteiger partial charge in [0.15, 0.2) is 0 Å². The number of hydrogen-bond donors (Lipinski definition) is 3. The maximum absolute atomic E-state index is 11.4. The molecule has 0 atom stereocenters. The Kier molecular flexibility index (Phi) is 3.92. The van der Waals surface area contributed by atoms with Gasteiger partial charge in [0.05, 0.1) is 12.1 Å². The van der Waals surface area contributed by atoms with Crippen LogP contribution in [0.25, 0.3) is 0 Å². The van der Waals surface area contributed by atoms with E-state index in [2.05, 4.69) is 5.32 Å². The van der Waals surface area contributed by atoms with Gasteiger partial charge in [0.25, 0.3) is 5.91 Å². The first-order valence-electron chi connectivity index (χ1n) is 5.05. The molecule has 0 heterocycles. The Labute approximate surface area is 99.6 Å². The number of anilines is 2. The SMILES string of the molecule is CN(C)C(=O)CNc1ccc(N)cc1C(N)=O. The number of benzene rings is 1. The lowest BCUT2D eigenvalue weighted by Gasteiger charge is -2.13. The summed E-state index contributed by atoms with van der Waals surface area (Å²) in [6, 6.07) is 4.73. The van der Waals surface area contributed by atoms with E-state index >= 15 is 0 Å². The van der Waals surface area contributed by atoms with E-state index in [-0.39, 0.29) is 18.0 Å². The van der Waals surface area contributed by atoms with Crippen molar-refractivity contribution >= 4 is 23.2 Å². The molecule has 1 aromatic carbocycles. The average molecular weight is 236 g/mol. The van der Waals surface area contributed by atoms with Crippen LogP contribution in [0.15, 0.2) is 18.2 Å². The molecule has 0 saturated carbocycles. The van der Waals surface area contributed by atoms with Crippen LogP contribution >= 0.6 is 0 Å². The minimum absolute atomic E-state index is 0.0944. The largest absolute Gasteiger partial charge is 0.399 e. The van der Waals surface area contributed by atoms with Gasteiger partial charge in [-0.1, -0.05) is 0 Å². The zero-order valence-corrected chi connectivity index (χ0v) is 9.86. The molecule has 0 aromatic heterocycles. The Morgan fingerprint density at radius 3 is 2.53 bits per heavy atom. The van der Waals surface area contributed by atoms with Gasteiger partial charge < -0.3 is 21.7 Å². The molecule has 0 aliphatic carbocycles. The van der Waals surface area contributed by atoms with E-state index in [0.29, 0.717) is 11.4 Å². The van der Waals surface area contributed by atoms with Crippen molar-refractivity contribution in [1.29, 1.82) is 0 Å². The van der Waals surface area contributed by atoms with Crippen LogP contribution in [-0.2, 0) is 4.79 Å². The second-order valence-electron chi connectivity index (χ2n) is 3.81. The van der Waals surface area contributed by atoms with Crippen LogP contribution in [0.2, 0.25) is 0 Å². The maximum atomic E-state index is 11.4. The summed E-state index contributed by atoms with van der Waals surface area (Å²) in [5.41, 5.74) is 12.0. The molecule has 0 bridgehead atoms. The minimum Gasteiger partial charge on any atom is -0.399 e. The molecule has 0 radical (unpaired) electrons. The molecule has 5 N–H and O–H groups in total. The van der Waals surface area contributed by atoms with Gasteiger partial charge >= 0.3 is 0 Å². The van der Waals surface area contributed by atoms with Crippen LogP contribution in [0.3, 0.4) is 0 Å². The third-order valence-electron chi connectivity index (χ3n) is 2.24. The number of hydrogen-bond acceptors (Lipinski definition) is 4. The first-order chi connectivity index (χ1) is 7.91. The van der Waals surface area contributed by atoms with Crippen molar-refractivity contribution in [2.45, 2.75) is 0 Å². The van der Waals surface area contributed by atoms with E-state index in [9.17, 15) is 9.59 Å². The lowest BCUT2D eigenvalue weighted by Crippen LogP contribution is -2.29. The molecule has 0 unspecified atom stereocenters. The third-order valence-corrected chi connectivity index (χ3v) is 2.24. The molecule has 6 heteroatoms. The van der Waals surface area contributed by atoms with Crippen LogP contribution in [-0.4, -0.2) is 37.4 Å². The highest BCUT2D eigenvalue weighted by Crippen LogP contribution is 2.18. The van der Waals surface area contributed by atoms with Crippen LogP contribution in [0.4, 0.5) is 11.4 Å². The summed E-state index contributed by atoms with van der Waals surface area (Å²) in [5.74, 6) is -0.686. The van der Waals surface area contributed by atoms with Gasteiger partial charge in [0, 0.05) is 25.5 Å². The summed E-state index contributed by atoms with van der Waals surface area (Å²) in [6.07, 6.45) is 0. The molecule has 0 aliphatic heterocycles. The zero-order chi connectivity index (χ0) is 13.0. The van der Waals surface area contributed by atoms with Crippen molar-refractivity contribution in [3.8, 4) is 0 Å². The summed E-state index contributed by atoms with van der Waals surface area (Å²) in [7, 11) is 3.31. The Morgan fingerprint density at radius 2 is 2.00 bits per heavy atom. The van der Waals surface area contributed by atoms with Crippen LogP contribution in [0.1, 0.15) is 10.4 Å². The Morgan fingerprint density at radius 1 is 1.35 bits per heavy atom. The number of carbonyl (C=O) groups is 2. The number of rotatable bonds is 4. The van der Waals surface area contributed by atoms with Gasteiger partial charge in [-0.05, 0) is 18.2 Å². The highest BCUT2D eigenvalue weighted by molar-refractivity contribution is 5.99. The molecule has 1 aromatic rings. The molecule has 1 rings (SSSR count). The van der Waals surface area contributed by atoms with Crippen molar-refractivity contribution < 1.29 is 9.59 Å². The second-order valence-corrected chi connectivity index (χ2v) is 3.81. The summed E-state index contributed by atoms with van der Waals surface area (Å²) in [5, 5.41) is 2.86. The molecular formula is C11H16N4O2. The standard InChI is InChI=1S/C11H16N4O2/c1-15(2)10(16)6-14-9-4-3-7(12)5-8(9)11(13)17/h3-5,14H,6,12H2,1-2H3,(H2,13,17). The molecular weight excluding hydrogens is 220 g/mol. The van der Waals surface area contributed by atoms with Crippen molar-refractivity contribution in [2.24, 2.45) is 5.73 Å². The first-order valence-corrected chi connectivity index (χ1v) is 5.05. The fraction of sp³-hybridized carbons (Fsp3) is 0.273. The number of carbonyl (C=O) groups excluding carboxylic acids is 2. The van der Waals surface area contributed by atoms with Crippen molar-refractivity contribution in [1.82, 2.24) is 4.90 Å². The number of amides is 2. The Balaban J connectivity index is 2.84. The van der Waals surface area contributed by atoms with Gasteiger partial charge in [0.1, 0.15) is 0 Å². The second kappa shape index (κ2) is 5.20. The molecule has 17 heavy (non-hydrogen) atoms. The van der Waals surface area contributed by atoms with E-state index in [1.54, 1.807) is 26.2 Å². The van der Waals surface area contributed by atoms with E-state index in [4.69, 9.17) is 11.5 Å². The molecule has 6 nitrogen and oxygen atoms in total. The summed E-state index contributed by atoms with van der Waals surface area (Å²) < 4.78 is 0. The minimum atomic E-state index is -0.586. The number of primary amides is 1. The molecule has 0 aliphatic rings. The molecule has 0 saturated heterocycles. The van der Waals surface area contributed by atoms with Crippen LogP contribution in [0, 0.1) is 0 Å². The lowest BCUT2D eigenvalue weighted by atomic mass is 10.1. The fourth-order valence-corrected chi connectivity index (χ4v) is 1.25. The van der Waals surface area contributed by atoms with E-state index < -0.39 is 5.91 Å². The van der Waals surface area contributed by atoms with Gasteiger partial charge in [-0.3, -0.25) is 9.59 Å². The fourth-order valence-electron chi connectivity index (χ4n) is 1.25. The number of nitrogens with one attached hydrogen (secondary N) is 1. The Bertz CT molecular complexity index is 443. The molecule has 0 fully saturated rings. The van der Waals surface area contributed by atoms with Crippen molar-refractivity contribution in [3.05, 3.63) is 23.8 Å². The number of nitrogens with two attached hydrogens (primary N) is 2. The van der Waals surface area contributed by atoms with E-state index in [1.807, 2.05) is 0 Å². The third kappa shape index (κ3) is 3.37. The van der Waals surface area contributed by atoms with E-state index in [0.717, 1.165) is 0 Å². The first kappa shape index (κ1) is 12.8. The normalized spacial score (nSPS) is 9.76. The summed E-state index contributed by atoms with van der Waals surface area (Å²) in [4.78, 5) is 24.0. The highest BCUT2D eigenvalue weighted by atomic mass is 16.2. The predicted octanol–water partition coefficient (Wildman–Crippen LogP) is -0.132. The monoisotopic (exact) mass is 236 g/mol. The maximum Gasteiger partial charge on any atom is 0.250 e. The summed E-state index contributed by atoms with van der Waals surface area (Å²) >= 11 is 0. The zero-order valence-electron chi connectivity index (χ0n) is 9.86. The molecule has 2 amide bonds. The summed E-state index contributed by atoms with van der Waals surface area (Å²) in [6.45, 7) is 0.0944. The highest BCUT2D eigenvalue weighted by Gasteiger charge is 2.10. The van der Waals surface area contributed by atoms with Gasteiger partial charge in [-0.15, -0.1) is 0 Å². The number of nitrogens with zero attached hydrogens (tertiary/aromatic N) is 1.